The van der Waals surface area contributed by atoms with E-state index in [9.17, 15) is 9.18 Å². The molecule has 0 amide bonds. The van der Waals surface area contributed by atoms with Crippen molar-refractivity contribution in [1.82, 2.24) is 0 Å². The number of carbonyl (C=O) groups excluding carboxylic acids is 1. The Balaban J connectivity index is 2.76. The number of hydrogen-bond donors (Lipinski definition) is 0. The van der Waals surface area contributed by atoms with Crippen molar-refractivity contribution in [2.75, 3.05) is 7.11 Å². The first kappa shape index (κ1) is 13.3. The van der Waals surface area contributed by atoms with Crippen molar-refractivity contribution in [2.24, 2.45) is 0 Å². The molecule has 0 saturated carbocycles. The van der Waals surface area contributed by atoms with Crippen LogP contribution >= 0.6 is 15.9 Å². The lowest BCUT2D eigenvalue weighted by atomic mass is 10.0. The molecule has 1 aromatic rings. The van der Waals surface area contributed by atoms with E-state index in [0.29, 0.717) is 16.5 Å². The molecule has 4 heteroatoms. The second-order valence-corrected chi connectivity index (χ2v) is 4.47. The maximum absolute atomic E-state index is 13.1. The van der Waals surface area contributed by atoms with Crippen LogP contribution in [-0.2, 0) is 16.0 Å². The maximum Gasteiger partial charge on any atom is 0.165 e. The van der Waals surface area contributed by atoms with Gasteiger partial charge in [0.2, 0.25) is 0 Å². The lowest BCUT2D eigenvalue weighted by molar-refractivity contribution is -0.128. The van der Waals surface area contributed by atoms with Gasteiger partial charge in [0.15, 0.2) is 5.78 Å². The summed E-state index contributed by atoms with van der Waals surface area (Å²) >= 11 is 3.19. The number of hydrogen-bond acceptors (Lipinski definition) is 2. The molecule has 0 bridgehead atoms. The molecule has 0 aliphatic rings. The summed E-state index contributed by atoms with van der Waals surface area (Å²) in [5.41, 5.74) is 0.660. The zero-order valence-electron chi connectivity index (χ0n) is 9.30. The Morgan fingerprint density at radius 1 is 1.50 bits per heavy atom. The molecule has 1 atom stereocenters. The molecule has 1 rings (SSSR count). The lowest BCUT2D eigenvalue weighted by Crippen LogP contribution is -2.23. The molecule has 2 nitrogen and oxygen atoms in total. The molecule has 0 radical (unpaired) electrons. The fraction of sp³-hybridized carbons (Fsp3) is 0.417. The second-order valence-electron chi connectivity index (χ2n) is 3.55. The van der Waals surface area contributed by atoms with Gasteiger partial charge in [-0.25, -0.2) is 4.39 Å². The second kappa shape index (κ2) is 6.11. The molecule has 0 N–H and O–H groups in total. The zero-order chi connectivity index (χ0) is 12.1. The van der Waals surface area contributed by atoms with Crippen LogP contribution in [0.4, 0.5) is 4.39 Å². The zero-order valence-corrected chi connectivity index (χ0v) is 10.9. The van der Waals surface area contributed by atoms with Gasteiger partial charge in [0, 0.05) is 18.0 Å². The van der Waals surface area contributed by atoms with Crippen LogP contribution < -0.4 is 0 Å². The van der Waals surface area contributed by atoms with Crippen LogP contribution in [0.5, 0.6) is 0 Å². The fourth-order valence-corrected chi connectivity index (χ4v) is 2.07. The normalized spacial score (nSPS) is 12.5. The van der Waals surface area contributed by atoms with Gasteiger partial charge in [0.25, 0.3) is 0 Å². The molecular weight excluding hydrogens is 275 g/mol. The van der Waals surface area contributed by atoms with Crippen LogP contribution in [0.15, 0.2) is 22.7 Å². The summed E-state index contributed by atoms with van der Waals surface area (Å²) in [6.07, 6.45) is 0.427. The van der Waals surface area contributed by atoms with Crippen molar-refractivity contribution in [2.45, 2.75) is 25.9 Å². The molecule has 0 aromatic heterocycles. The van der Waals surface area contributed by atoms with Gasteiger partial charge in [-0.1, -0.05) is 22.9 Å². The number of benzene rings is 1. The summed E-state index contributed by atoms with van der Waals surface area (Å²) in [6, 6.07) is 4.47. The molecule has 1 unspecified atom stereocenters. The molecule has 0 heterocycles. The van der Waals surface area contributed by atoms with Gasteiger partial charge in [-0.3, -0.25) is 4.79 Å². The van der Waals surface area contributed by atoms with Crippen molar-refractivity contribution >= 4 is 21.7 Å². The number of Topliss-reactive ketones (excluding diaryl/α,β-unsaturated/α-hetero) is 1. The first-order valence-electron chi connectivity index (χ1n) is 5.07. The molecule has 0 fully saturated rings. The number of methoxy groups -OCH3 is 1. The van der Waals surface area contributed by atoms with E-state index in [0.717, 1.165) is 0 Å². The summed E-state index contributed by atoms with van der Waals surface area (Å²) in [5.74, 6) is -0.370. The van der Waals surface area contributed by atoms with Gasteiger partial charge in [-0.15, -0.1) is 0 Å². The first-order chi connectivity index (χ1) is 7.56. The van der Waals surface area contributed by atoms with E-state index in [2.05, 4.69) is 15.9 Å². The van der Waals surface area contributed by atoms with Crippen molar-refractivity contribution < 1.29 is 13.9 Å². The van der Waals surface area contributed by atoms with Crippen molar-refractivity contribution in [3.63, 3.8) is 0 Å². The summed E-state index contributed by atoms with van der Waals surface area (Å²) in [7, 11) is 1.51. The Bertz CT molecular complexity index is 355. The van der Waals surface area contributed by atoms with E-state index < -0.39 is 6.10 Å². The van der Waals surface area contributed by atoms with Crippen LogP contribution in [0.2, 0.25) is 0 Å². The number of ether oxygens (including phenoxy) is 1. The van der Waals surface area contributed by atoms with Crippen molar-refractivity contribution in [3.05, 3.63) is 34.1 Å². The highest BCUT2D eigenvalue weighted by Crippen LogP contribution is 2.16. The topological polar surface area (TPSA) is 26.3 Å². The van der Waals surface area contributed by atoms with Crippen molar-refractivity contribution in [3.8, 4) is 0 Å². The Morgan fingerprint density at radius 2 is 2.19 bits per heavy atom. The van der Waals surface area contributed by atoms with Gasteiger partial charge in [-0.2, -0.15) is 0 Å². The predicted octanol–water partition coefficient (Wildman–Crippen LogP) is 3.12. The molecule has 0 aliphatic heterocycles. The summed E-state index contributed by atoms with van der Waals surface area (Å²) in [5, 5.41) is 0. The molecule has 88 valence electrons. The molecule has 0 saturated heterocycles. The van der Waals surface area contributed by atoms with Gasteiger partial charge in [-0.05, 0) is 30.2 Å². The van der Waals surface area contributed by atoms with Gasteiger partial charge >= 0.3 is 0 Å². The molecule has 0 spiro atoms. The van der Waals surface area contributed by atoms with E-state index in [-0.39, 0.29) is 18.0 Å². The predicted molar refractivity (Wildman–Crippen MR) is 63.9 cm³/mol. The summed E-state index contributed by atoms with van der Waals surface area (Å²) < 4.78 is 18.7. The van der Waals surface area contributed by atoms with Gasteiger partial charge < -0.3 is 4.74 Å². The van der Waals surface area contributed by atoms with Crippen LogP contribution in [0.25, 0.3) is 0 Å². The Kier molecular flexibility index (Phi) is 5.09. The Hall–Kier alpha value is -0.740. The maximum atomic E-state index is 13.1. The molecule has 1 aromatic carbocycles. The van der Waals surface area contributed by atoms with Crippen LogP contribution in [-0.4, -0.2) is 19.0 Å². The number of rotatable bonds is 5. The molecule has 16 heavy (non-hydrogen) atoms. The SMILES string of the molecule is CCC(OC)C(=O)Cc1cc(F)cc(Br)c1. The highest BCUT2D eigenvalue weighted by atomic mass is 79.9. The fourth-order valence-electron chi connectivity index (χ4n) is 1.55. The smallest absolute Gasteiger partial charge is 0.165 e. The summed E-state index contributed by atoms with van der Waals surface area (Å²) in [6.45, 7) is 1.88. The van der Waals surface area contributed by atoms with E-state index >= 15 is 0 Å². The van der Waals surface area contributed by atoms with Crippen molar-refractivity contribution in [1.29, 1.82) is 0 Å². The highest BCUT2D eigenvalue weighted by molar-refractivity contribution is 9.10. The lowest BCUT2D eigenvalue weighted by Gasteiger charge is -2.11. The van der Waals surface area contributed by atoms with Gasteiger partial charge in [0.1, 0.15) is 11.9 Å². The number of halogens is 2. The third kappa shape index (κ3) is 3.68. The minimum absolute atomic E-state index is 0.0255. The third-order valence-corrected chi connectivity index (χ3v) is 2.77. The third-order valence-electron chi connectivity index (χ3n) is 2.32. The van der Waals surface area contributed by atoms with E-state index in [1.54, 1.807) is 6.07 Å². The van der Waals surface area contributed by atoms with Crippen LogP contribution in [0, 0.1) is 5.82 Å². The van der Waals surface area contributed by atoms with Gasteiger partial charge in [0.05, 0.1) is 0 Å². The Labute approximate surface area is 103 Å². The highest BCUT2D eigenvalue weighted by Gasteiger charge is 2.16. The largest absolute Gasteiger partial charge is 0.374 e. The van der Waals surface area contributed by atoms with E-state index in [1.165, 1.54) is 19.2 Å². The quantitative estimate of drug-likeness (QED) is 0.832. The number of carbonyl (C=O) groups is 1. The Morgan fingerprint density at radius 3 is 2.69 bits per heavy atom. The number of ketones is 1. The van der Waals surface area contributed by atoms with Crippen LogP contribution in [0.3, 0.4) is 0 Å². The standard InChI is InChI=1S/C12H14BrFO2/c1-3-12(16-2)11(15)6-8-4-9(13)7-10(14)5-8/h4-5,7,12H,3,6H2,1-2H3. The molecular formula is C12H14BrFO2. The van der Waals surface area contributed by atoms with Crippen LogP contribution in [0.1, 0.15) is 18.9 Å². The summed E-state index contributed by atoms with van der Waals surface area (Å²) in [4.78, 5) is 11.7. The van der Waals surface area contributed by atoms with E-state index in [1.807, 2.05) is 6.92 Å². The minimum Gasteiger partial charge on any atom is -0.374 e. The monoisotopic (exact) mass is 288 g/mol. The average Bonchev–Trinajstić information content (AvgIpc) is 2.17. The minimum atomic E-state index is -0.401. The first-order valence-corrected chi connectivity index (χ1v) is 5.86. The van der Waals surface area contributed by atoms with E-state index in [4.69, 9.17) is 4.74 Å². The molecule has 0 aliphatic carbocycles. The average molecular weight is 289 g/mol.